The summed E-state index contributed by atoms with van der Waals surface area (Å²) in [6.07, 6.45) is 4.83. The predicted molar refractivity (Wildman–Crippen MR) is 193 cm³/mol. The Labute approximate surface area is 289 Å². The molecular formula is C39H48N4O6. The Kier molecular flexibility index (Phi) is 14.3. The maximum atomic E-state index is 12.4. The number of aliphatic imine (C=N–C) groups is 1. The molecule has 0 radical (unpaired) electrons. The van der Waals surface area contributed by atoms with E-state index in [0.29, 0.717) is 37.3 Å². The molecule has 0 spiro atoms. The molecule has 49 heavy (non-hydrogen) atoms. The second kappa shape index (κ2) is 19.0. The Bertz CT molecular complexity index is 1620. The highest BCUT2D eigenvalue weighted by molar-refractivity contribution is 5.89. The van der Waals surface area contributed by atoms with Gasteiger partial charge in [0.25, 0.3) is 0 Å². The van der Waals surface area contributed by atoms with E-state index in [2.05, 4.69) is 51.7 Å². The van der Waals surface area contributed by atoms with Gasteiger partial charge in [-0.2, -0.15) is 0 Å². The monoisotopic (exact) mass is 668 g/mol. The number of amidine groups is 1. The molecule has 3 N–H and O–H groups in total. The Morgan fingerprint density at radius 3 is 2.39 bits per heavy atom. The van der Waals surface area contributed by atoms with Crippen LogP contribution in [0, 0.1) is 13.8 Å². The smallest absolute Gasteiger partial charge is 0.349 e. The van der Waals surface area contributed by atoms with Crippen LogP contribution in [0.25, 0.3) is 0 Å². The molecule has 1 fully saturated rings. The summed E-state index contributed by atoms with van der Waals surface area (Å²) in [6.45, 7) is 7.28. The molecule has 2 heterocycles. The number of anilines is 2. The summed E-state index contributed by atoms with van der Waals surface area (Å²) in [5.41, 5.74) is 4.23. The van der Waals surface area contributed by atoms with Crippen molar-refractivity contribution in [2.45, 2.75) is 65.0 Å². The van der Waals surface area contributed by atoms with Crippen LogP contribution < -0.4 is 25.0 Å². The number of hydrogen-bond acceptors (Lipinski definition) is 8. The van der Waals surface area contributed by atoms with E-state index in [1.54, 1.807) is 19.4 Å². The average molecular weight is 669 g/mol. The van der Waals surface area contributed by atoms with Crippen LogP contribution in [0.2, 0.25) is 0 Å². The van der Waals surface area contributed by atoms with Crippen molar-refractivity contribution >= 4 is 29.1 Å². The number of carbonyl (C=O) groups excluding carboxylic acids is 2. The summed E-state index contributed by atoms with van der Waals surface area (Å²) in [5, 5.41) is 16.0. The molecule has 1 saturated heterocycles. The number of likely N-dealkylation sites (N-methyl/N-ethyl adjacent to an activating group) is 1. The van der Waals surface area contributed by atoms with E-state index in [1.807, 2.05) is 68.4 Å². The fourth-order valence-electron chi connectivity index (χ4n) is 5.32. The van der Waals surface area contributed by atoms with E-state index in [-0.39, 0.29) is 24.7 Å². The van der Waals surface area contributed by atoms with Crippen molar-refractivity contribution in [3.05, 3.63) is 108 Å². The molecule has 2 atom stereocenters. The Morgan fingerprint density at radius 1 is 1.02 bits per heavy atom. The summed E-state index contributed by atoms with van der Waals surface area (Å²) in [5.74, 6) is 2.44. The summed E-state index contributed by atoms with van der Waals surface area (Å²) < 4.78 is 16.2. The molecule has 4 aromatic rings. The number of rotatable bonds is 14. The molecule has 1 unspecified atom stereocenters. The minimum Gasteiger partial charge on any atom is -0.482 e. The number of aliphatic hydroxyl groups is 1. The molecular weight excluding hydrogens is 620 g/mol. The molecule has 260 valence electrons. The van der Waals surface area contributed by atoms with E-state index in [4.69, 9.17) is 13.9 Å². The van der Waals surface area contributed by atoms with E-state index < -0.39 is 5.97 Å². The molecule has 0 saturated carbocycles. The molecule has 1 aliphatic heterocycles. The number of esters is 1. The van der Waals surface area contributed by atoms with Gasteiger partial charge in [-0.05, 0) is 88.6 Å². The SMILES string of the molecule is CCNC(CN(c1ccc(C)cc1)c1cccc(OC(=O)COc2ccc(C)cc2)c1)=NC.O=C1CC[C@H](CCC(O)Cc2ccco2)N1. The quantitative estimate of drug-likeness (QED) is 0.0619. The van der Waals surface area contributed by atoms with Gasteiger partial charge in [0, 0.05) is 49.9 Å². The van der Waals surface area contributed by atoms with Crippen molar-refractivity contribution in [3.63, 3.8) is 0 Å². The number of nitrogens with one attached hydrogen (secondary N) is 2. The number of ether oxygens (including phenoxy) is 2. The van der Waals surface area contributed by atoms with Crippen LogP contribution >= 0.6 is 0 Å². The number of hydrogen-bond donors (Lipinski definition) is 3. The van der Waals surface area contributed by atoms with Gasteiger partial charge in [0.1, 0.15) is 23.1 Å². The van der Waals surface area contributed by atoms with Crippen molar-refractivity contribution in [2.24, 2.45) is 4.99 Å². The topological polar surface area (TPSA) is 126 Å². The van der Waals surface area contributed by atoms with E-state index >= 15 is 0 Å². The first-order chi connectivity index (χ1) is 23.7. The number of nitrogens with zero attached hydrogens (tertiary/aromatic N) is 2. The highest BCUT2D eigenvalue weighted by Crippen LogP contribution is 2.29. The van der Waals surface area contributed by atoms with Crippen LogP contribution in [0.1, 0.15) is 49.5 Å². The molecule has 5 rings (SSSR count). The molecule has 0 bridgehead atoms. The molecule has 10 nitrogen and oxygen atoms in total. The summed E-state index contributed by atoms with van der Waals surface area (Å²) in [6, 6.07) is 27.2. The summed E-state index contributed by atoms with van der Waals surface area (Å²) >= 11 is 0. The highest BCUT2D eigenvalue weighted by Gasteiger charge is 2.21. The standard InChI is InChI=1S/C27H31N3O3.C12H17NO3/c1-5-29-26(28-4)18-30(22-13-9-20(2)10-14-22)23-7-6-8-25(17-23)33-27(31)19-32-24-15-11-21(3)12-16-24;14-10(8-11-2-1-7-16-11)5-3-9-4-6-12(15)13-9/h6-17H,5,18-19H2,1-4H3,(H,28,29);1-2,7,9-10,14H,3-6,8H2,(H,13,15)/t;9-,10?/m.0/s1. The fraction of sp³-hybridized carbons (Fsp3) is 0.359. The van der Waals surface area contributed by atoms with Crippen LogP contribution in [0.4, 0.5) is 11.4 Å². The lowest BCUT2D eigenvalue weighted by Gasteiger charge is -2.26. The van der Waals surface area contributed by atoms with Gasteiger partial charge in [0.05, 0.1) is 18.9 Å². The first-order valence-electron chi connectivity index (χ1n) is 16.8. The fourth-order valence-corrected chi connectivity index (χ4v) is 5.32. The van der Waals surface area contributed by atoms with Gasteiger partial charge in [-0.25, -0.2) is 4.79 Å². The molecule has 10 heteroatoms. The molecule has 1 amide bonds. The second-order valence-electron chi connectivity index (χ2n) is 12.0. The predicted octanol–water partition coefficient (Wildman–Crippen LogP) is 6.31. The van der Waals surface area contributed by atoms with Crippen LogP contribution in [-0.2, 0) is 16.0 Å². The summed E-state index contributed by atoms with van der Waals surface area (Å²) in [7, 11) is 1.78. The van der Waals surface area contributed by atoms with Gasteiger partial charge in [0.2, 0.25) is 5.91 Å². The Balaban J connectivity index is 0.000000281. The lowest BCUT2D eigenvalue weighted by Crippen LogP contribution is -2.35. The number of furan rings is 1. The lowest BCUT2D eigenvalue weighted by molar-refractivity contribution is -0.136. The minimum absolute atomic E-state index is 0.130. The highest BCUT2D eigenvalue weighted by atomic mass is 16.6. The maximum Gasteiger partial charge on any atom is 0.349 e. The zero-order chi connectivity index (χ0) is 35.0. The Morgan fingerprint density at radius 2 is 1.76 bits per heavy atom. The Hall–Kier alpha value is -5.09. The van der Waals surface area contributed by atoms with Crippen LogP contribution in [0.5, 0.6) is 11.5 Å². The zero-order valence-corrected chi connectivity index (χ0v) is 28.9. The third-order valence-corrected chi connectivity index (χ3v) is 7.99. The number of carbonyl (C=O) groups is 2. The zero-order valence-electron chi connectivity index (χ0n) is 28.9. The van der Waals surface area contributed by atoms with Gasteiger partial charge in [-0.3, -0.25) is 9.79 Å². The average Bonchev–Trinajstić information content (AvgIpc) is 3.78. The molecule has 1 aromatic heterocycles. The van der Waals surface area contributed by atoms with Crippen molar-refractivity contribution in [1.29, 1.82) is 0 Å². The largest absolute Gasteiger partial charge is 0.482 e. The summed E-state index contributed by atoms with van der Waals surface area (Å²) in [4.78, 5) is 29.8. The maximum absolute atomic E-state index is 12.4. The molecule has 1 aliphatic rings. The number of aryl methyl sites for hydroxylation is 2. The number of aliphatic hydroxyl groups excluding tert-OH is 1. The normalized spacial score (nSPS) is 14.7. The van der Waals surface area contributed by atoms with Crippen LogP contribution in [-0.4, -0.2) is 61.7 Å². The first-order valence-corrected chi connectivity index (χ1v) is 16.8. The second-order valence-corrected chi connectivity index (χ2v) is 12.0. The number of amides is 1. The van der Waals surface area contributed by atoms with Crippen LogP contribution in [0.15, 0.2) is 101 Å². The molecule has 3 aromatic carbocycles. The molecule has 0 aliphatic carbocycles. The third kappa shape index (κ3) is 12.5. The van der Waals surface area contributed by atoms with Gasteiger partial charge in [0.15, 0.2) is 6.61 Å². The van der Waals surface area contributed by atoms with Crippen molar-refractivity contribution in [1.82, 2.24) is 10.6 Å². The van der Waals surface area contributed by atoms with Crippen LogP contribution in [0.3, 0.4) is 0 Å². The van der Waals surface area contributed by atoms with Gasteiger partial charge in [-0.1, -0.05) is 41.5 Å². The van der Waals surface area contributed by atoms with Gasteiger partial charge < -0.3 is 34.5 Å². The van der Waals surface area contributed by atoms with Crippen molar-refractivity contribution < 1.29 is 28.6 Å². The van der Waals surface area contributed by atoms with E-state index in [9.17, 15) is 14.7 Å². The van der Waals surface area contributed by atoms with E-state index in [1.165, 1.54) is 5.56 Å². The van der Waals surface area contributed by atoms with E-state index in [0.717, 1.165) is 47.9 Å². The number of benzene rings is 3. The first kappa shape index (κ1) is 36.7. The van der Waals surface area contributed by atoms with Gasteiger partial charge in [-0.15, -0.1) is 0 Å². The van der Waals surface area contributed by atoms with Crippen molar-refractivity contribution in [3.8, 4) is 11.5 Å². The minimum atomic E-state index is -0.460. The van der Waals surface area contributed by atoms with Gasteiger partial charge >= 0.3 is 5.97 Å². The lowest BCUT2D eigenvalue weighted by atomic mass is 10.0. The third-order valence-electron chi connectivity index (χ3n) is 7.99. The van der Waals surface area contributed by atoms with Crippen molar-refractivity contribution in [2.75, 3.05) is 31.6 Å².